The van der Waals surface area contributed by atoms with Crippen LogP contribution >= 0.6 is 0 Å². The summed E-state index contributed by atoms with van der Waals surface area (Å²) in [6.45, 7) is 6.87. The fourth-order valence-corrected chi connectivity index (χ4v) is 3.97. The predicted octanol–water partition coefficient (Wildman–Crippen LogP) is 3.73. The maximum absolute atomic E-state index is 12.5. The fraction of sp³-hybridized carbons (Fsp3) is 0.429. The van der Waals surface area contributed by atoms with Gasteiger partial charge in [0.15, 0.2) is 0 Å². The average molecular weight is 435 g/mol. The van der Waals surface area contributed by atoms with Gasteiger partial charge >= 0.3 is 0 Å². The van der Waals surface area contributed by atoms with Crippen LogP contribution in [0.3, 0.4) is 0 Å². The molecule has 2 aromatic carbocycles. The quantitative estimate of drug-likeness (QED) is 0.436. The summed E-state index contributed by atoms with van der Waals surface area (Å²) in [6.07, 6.45) is 0. The van der Waals surface area contributed by atoms with E-state index >= 15 is 0 Å². The lowest BCUT2D eigenvalue weighted by molar-refractivity contribution is -0.384. The number of rotatable bonds is 10. The average Bonchev–Trinajstić information content (AvgIpc) is 2.67. The van der Waals surface area contributed by atoms with Gasteiger partial charge < -0.3 is 10.2 Å². The Balaban J connectivity index is 2.23. The van der Waals surface area contributed by atoms with Crippen LogP contribution in [0.5, 0.6) is 0 Å². The number of benzene rings is 2. The molecule has 1 atom stereocenters. The second-order valence-corrected chi connectivity index (χ2v) is 9.59. The standard InChI is InChI=1S/C21H30N4O4S/c1-15(2)17-6-8-18(9-7-17)16(3)23-20-11-10-19(14-21(20)25(26)27)30(28,29)22-12-13-24(4)5/h6-11,14-16,22-23H,12-13H2,1-5H3. The van der Waals surface area contributed by atoms with Gasteiger partial charge in [0, 0.05) is 25.2 Å². The molecule has 0 aliphatic rings. The number of likely N-dealkylation sites (N-methyl/N-ethyl adjacent to an activating group) is 1. The first kappa shape index (κ1) is 23.8. The summed E-state index contributed by atoms with van der Waals surface area (Å²) in [6, 6.07) is 11.8. The van der Waals surface area contributed by atoms with Gasteiger partial charge in [-0.15, -0.1) is 0 Å². The molecule has 1 unspecified atom stereocenters. The van der Waals surface area contributed by atoms with E-state index in [1.54, 1.807) is 0 Å². The monoisotopic (exact) mass is 434 g/mol. The van der Waals surface area contributed by atoms with Gasteiger partial charge in [-0.05, 0) is 50.2 Å². The van der Waals surface area contributed by atoms with Crippen molar-refractivity contribution in [3.8, 4) is 0 Å². The first-order chi connectivity index (χ1) is 14.0. The molecular weight excluding hydrogens is 404 g/mol. The summed E-state index contributed by atoms with van der Waals surface area (Å²) in [5.74, 6) is 0.421. The van der Waals surface area contributed by atoms with Crippen LogP contribution in [0.1, 0.15) is 43.9 Å². The summed E-state index contributed by atoms with van der Waals surface area (Å²) in [5, 5.41) is 14.7. The van der Waals surface area contributed by atoms with Crippen LogP contribution in [0.2, 0.25) is 0 Å². The normalized spacial score (nSPS) is 12.9. The molecule has 0 bridgehead atoms. The van der Waals surface area contributed by atoms with E-state index in [9.17, 15) is 18.5 Å². The Morgan fingerprint density at radius 3 is 2.17 bits per heavy atom. The van der Waals surface area contributed by atoms with Gasteiger partial charge in [0.1, 0.15) is 5.69 Å². The summed E-state index contributed by atoms with van der Waals surface area (Å²) in [5.41, 5.74) is 2.19. The van der Waals surface area contributed by atoms with Gasteiger partial charge in [-0.1, -0.05) is 38.1 Å². The second kappa shape index (κ2) is 10.0. The Labute approximate surface area is 178 Å². The van der Waals surface area contributed by atoms with E-state index in [0.29, 0.717) is 12.5 Å². The molecule has 0 amide bonds. The molecule has 0 saturated heterocycles. The van der Waals surface area contributed by atoms with E-state index in [4.69, 9.17) is 0 Å². The SMILES string of the molecule is CC(C)c1ccc(C(C)Nc2ccc(S(=O)(=O)NCCN(C)C)cc2[N+](=O)[O-])cc1. The van der Waals surface area contributed by atoms with E-state index < -0.39 is 14.9 Å². The van der Waals surface area contributed by atoms with E-state index in [2.05, 4.69) is 23.9 Å². The summed E-state index contributed by atoms with van der Waals surface area (Å²) in [4.78, 5) is 12.7. The Kier molecular flexibility index (Phi) is 7.94. The smallest absolute Gasteiger partial charge is 0.293 e. The molecule has 0 aromatic heterocycles. The predicted molar refractivity (Wildman–Crippen MR) is 119 cm³/mol. The lowest BCUT2D eigenvalue weighted by atomic mass is 9.99. The highest BCUT2D eigenvalue weighted by Crippen LogP contribution is 2.31. The molecule has 2 aromatic rings. The van der Waals surface area contributed by atoms with Gasteiger partial charge in [-0.25, -0.2) is 13.1 Å². The van der Waals surface area contributed by atoms with Gasteiger partial charge in [-0.3, -0.25) is 10.1 Å². The third-order valence-electron chi connectivity index (χ3n) is 4.80. The van der Waals surface area contributed by atoms with Crippen molar-refractivity contribution in [2.45, 2.75) is 37.6 Å². The van der Waals surface area contributed by atoms with Crippen molar-refractivity contribution in [1.82, 2.24) is 9.62 Å². The summed E-state index contributed by atoms with van der Waals surface area (Å²) in [7, 11) is -0.170. The molecule has 30 heavy (non-hydrogen) atoms. The second-order valence-electron chi connectivity index (χ2n) is 7.82. The minimum atomic E-state index is -3.83. The van der Waals surface area contributed by atoms with Gasteiger partial charge in [0.25, 0.3) is 5.69 Å². The number of sulfonamides is 1. The van der Waals surface area contributed by atoms with Crippen molar-refractivity contribution in [2.24, 2.45) is 0 Å². The molecule has 0 fully saturated rings. The van der Waals surface area contributed by atoms with Crippen molar-refractivity contribution in [1.29, 1.82) is 0 Å². The fourth-order valence-electron chi connectivity index (χ4n) is 2.92. The third-order valence-corrected chi connectivity index (χ3v) is 6.26. The molecule has 0 heterocycles. The minimum absolute atomic E-state index is 0.132. The summed E-state index contributed by atoms with van der Waals surface area (Å²) < 4.78 is 27.4. The van der Waals surface area contributed by atoms with Gasteiger partial charge in [0.2, 0.25) is 10.0 Å². The Hall–Kier alpha value is -2.49. The maximum atomic E-state index is 12.5. The molecule has 2 rings (SSSR count). The van der Waals surface area contributed by atoms with E-state index in [0.717, 1.165) is 11.6 Å². The highest BCUT2D eigenvalue weighted by atomic mass is 32.2. The van der Waals surface area contributed by atoms with Crippen molar-refractivity contribution < 1.29 is 13.3 Å². The van der Waals surface area contributed by atoms with Crippen LogP contribution in [0, 0.1) is 10.1 Å². The molecule has 9 heteroatoms. The number of nitrogens with zero attached hydrogens (tertiary/aromatic N) is 2. The minimum Gasteiger partial charge on any atom is -0.373 e. The Morgan fingerprint density at radius 2 is 1.63 bits per heavy atom. The Morgan fingerprint density at radius 1 is 1.03 bits per heavy atom. The lowest BCUT2D eigenvalue weighted by Gasteiger charge is -2.17. The van der Waals surface area contributed by atoms with Gasteiger partial charge in [0.05, 0.1) is 9.82 Å². The highest BCUT2D eigenvalue weighted by Gasteiger charge is 2.22. The van der Waals surface area contributed by atoms with Crippen LogP contribution in [-0.4, -0.2) is 45.4 Å². The van der Waals surface area contributed by atoms with Crippen LogP contribution in [0.15, 0.2) is 47.4 Å². The zero-order valence-electron chi connectivity index (χ0n) is 18.0. The molecular formula is C21H30N4O4S. The van der Waals surface area contributed by atoms with Crippen LogP contribution in [0.4, 0.5) is 11.4 Å². The highest BCUT2D eigenvalue weighted by molar-refractivity contribution is 7.89. The third kappa shape index (κ3) is 6.25. The first-order valence-electron chi connectivity index (χ1n) is 9.80. The zero-order chi connectivity index (χ0) is 22.5. The molecule has 0 saturated carbocycles. The van der Waals surface area contributed by atoms with Gasteiger partial charge in [-0.2, -0.15) is 0 Å². The molecule has 8 nitrogen and oxygen atoms in total. The van der Waals surface area contributed by atoms with E-state index in [1.807, 2.05) is 50.2 Å². The molecule has 0 aliphatic carbocycles. The molecule has 2 N–H and O–H groups in total. The Bertz CT molecular complexity index is 973. The van der Waals surface area contributed by atoms with Crippen molar-refractivity contribution in [3.63, 3.8) is 0 Å². The molecule has 0 aliphatic heterocycles. The number of anilines is 1. The zero-order valence-corrected chi connectivity index (χ0v) is 18.9. The largest absolute Gasteiger partial charge is 0.373 e. The topological polar surface area (TPSA) is 105 Å². The number of nitro groups is 1. The number of nitrogens with one attached hydrogen (secondary N) is 2. The van der Waals surface area contributed by atoms with Crippen molar-refractivity contribution >= 4 is 21.4 Å². The number of nitro benzene ring substituents is 1. The molecule has 164 valence electrons. The van der Waals surface area contributed by atoms with E-state index in [1.165, 1.54) is 17.7 Å². The van der Waals surface area contributed by atoms with Crippen molar-refractivity contribution in [2.75, 3.05) is 32.5 Å². The first-order valence-corrected chi connectivity index (χ1v) is 11.3. The number of hydrogen-bond acceptors (Lipinski definition) is 6. The maximum Gasteiger partial charge on any atom is 0.293 e. The van der Waals surface area contributed by atoms with E-state index in [-0.39, 0.29) is 28.9 Å². The molecule has 0 spiro atoms. The van der Waals surface area contributed by atoms with Crippen LogP contribution in [-0.2, 0) is 10.0 Å². The molecule has 0 radical (unpaired) electrons. The summed E-state index contributed by atoms with van der Waals surface area (Å²) >= 11 is 0. The van der Waals surface area contributed by atoms with Crippen LogP contribution < -0.4 is 10.0 Å². The van der Waals surface area contributed by atoms with Crippen LogP contribution in [0.25, 0.3) is 0 Å². The van der Waals surface area contributed by atoms with Crippen molar-refractivity contribution in [3.05, 3.63) is 63.7 Å². The number of hydrogen-bond donors (Lipinski definition) is 2. The lowest BCUT2D eigenvalue weighted by Crippen LogP contribution is -2.31.